The van der Waals surface area contributed by atoms with Crippen LogP contribution in [0.5, 0.6) is 0 Å². The molecule has 0 saturated heterocycles. The van der Waals surface area contributed by atoms with Gasteiger partial charge in [0.05, 0.1) is 5.52 Å². The van der Waals surface area contributed by atoms with Gasteiger partial charge in [-0.15, -0.1) is 11.8 Å². The lowest BCUT2D eigenvalue weighted by Gasteiger charge is -2.27. The van der Waals surface area contributed by atoms with Crippen molar-refractivity contribution >= 4 is 39.5 Å². The third-order valence-corrected chi connectivity index (χ3v) is 5.79. The second-order valence-electron chi connectivity index (χ2n) is 5.99. The first-order valence-corrected chi connectivity index (χ1v) is 8.52. The SMILES string of the molecule is CCC1(C)CC=c2c3cccc4c(SC)ccc(c43)n21. The number of aromatic nitrogens is 1. The highest BCUT2D eigenvalue weighted by Gasteiger charge is 2.31. The van der Waals surface area contributed by atoms with E-state index in [9.17, 15) is 0 Å². The van der Waals surface area contributed by atoms with Crippen LogP contribution in [0, 0.1) is 0 Å². The quantitative estimate of drug-likeness (QED) is 0.624. The van der Waals surface area contributed by atoms with E-state index in [2.05, 4.69) is 61.1 Å². The van der Waals surface area contributed by atoms with Crippen LogP contribution in [-0.4, -0.2) is 10.8 Å². The van der Waals surface area contributed by atoms with E-state index in [1.807, 2.05) is 11.8 Å². The van der Waals surface area contributed by atoms with Crippen molar-refractivity contribution in [2.75, 3.05) is 6.26 Å². The van der Waals surface area contributed by atoms with E-state index in [0.29, 0.717) is 0 Å². The Balaban J connectivity index is 2.25. The van der Waals surface area contributed by atoms with Crippen LogP contribution < -0.4 is 5.35 Å². The first-order chi connectivity index (χ1) is 9.69. The van der Waals surface area contributed by atoms with E-state index >= 15 is 0 Å². The van der Waals surface area contributed by atoms with Gasteiger partial charge in [0, 0.05) is 26.6 Å². The maximum atomic E-state index is 2.58. The predicted molar refractivity (Wildman–Crippen MR) is 89.5 cm³/mol. The lowest BCUT2D eigenvalue weighted by Crippen LogP contribution is -2.30. The molecule has 3 aromatic rings. The molecule has 2 heteroatoms. The molecule has 0 spiro atoms. The van der Waals surface area contributed by atoms with Gasteiger partial charge in [-0.1, -0.05) is 31.2 Å². The Morgan fingerprint density at radius 2 is 2.00 bits per heavy atom. The molecule has 0 amide bonds. The van der Waals surface area contributed by atoms with Gasteiger partial charge in [-0.25, -0.2) is 0 Å². The molecule has 0 radical (unpaired) electrons. The van der Waals surface area contributed by atoms with Crippen molar-refractivity contribution in [1.82, 2.24) is 4.57 Å². The third kappa shape index (κ3) is 1.35. The average Bonchev–Trinajstić information content (AvgIpc) is 2.99. The largest absolute Gasteiger partial charge is 0.334 e. The lowest BCUT2D eigenvalue weighted by molar-refractivity contribution is 0.338. The van der Waals surface area contributed by atoms with E-state index < -0.39 is 0 Å². The Kier molecular flexibility index (Phi) is 2.50. The van der Waals surface area contributed by atoms with Crippen LogP contribution in [0.2, 0.25) is 0 Å². The van der Waals surface area contributed by atoms with Crippen molar-refractivity contribution in [3.8, 4) is 0 Å². The molecule has 1 nitrogen and oxygen atoms in total. The lowest BCUT2D eigenvalue weighted by atomic mass is 9.95. The van der Waals surface area contributed by atoms with Gasteiger partial charge in [0.15, 0.2) is 0 Å². The second kappa shape index (κ2) is 4.05. The topological polar surface area (TPSA) is 4.93 Å². The molecule has 4 rings (SSSR count). The molecule has 1 aromatic heterocycles. The molecule has 1 unspecified atom stereocenters. The normalized spacial score (nSPS) is 21.6. The maximum Gasteiger partial charge on any atom is 0.0503 e. The first-order valence-electron chi connectivity index (χ1n) is 7.30. The van der Waals surface area contributed by atoms with Crippen LogP contribution in [0.3, 0.4) is 0 Å². The summed E-state index contributed by atoms with van der Waals surface area (Å²) in [4.78, 5) is 1.38. The zero-order chi connectivity index (χ0) is 13.9. The molecule has 1 aliphatic rings. The molecule has 1 atom stereocenters. The average molecular weight is 281 g/mol. The molecular weight excluding hydrogens is 262 g/mol. The number of rotatable bonds is 2. The zero-order valence-corrected chi connectivity index (χ0v) is 13.1. The second-order valence-corrected chi connectivity index (χ2v) is 6.84. The summed E-state index contributed by atoms with van der Waals surface area (Å²) in [5.74, 6) is 0. The fourth-order valence-electron chi connectivity index (χ4n) is 3.68. The van der Waals surface area contributed by atoms with Crippen molar-refractivity contribution < 1.29 is 0 Å². The molecular formula is C18H19NS. The van der Waals surface area contributed by atoms with Gasteiger partial charge in [0.1, 0.15) is 0 Å². The fraction of sp³-hybridized carbons (Fsp3) is 0.333. The fourth-order valence-corrected chi connectivity index (χ4v) is 4.28. The Morgan fingerprint density at radius 1 is 1.20 bits per heavy atom. The number of fused-ring (bicyclic) bond motifs is 3. The van der Waals surface area contributed by atoms with E-state index in [0.717, 1.165) is 6.42 Å². The van der Waals surface area contributed by atoms with Crippen LogP contribution in [0.25, 0.3) is 27.8 Å². The van der Waals surface area contributed by atoms with Gasteiger partial charge in [-0.2, -0.15) is 0 Å². The van der Waals surface area contributed by atoms with Gasteiger partial charge in [0.25, 0.3) is 0 Å². The summed E-state index contributed by atoms with van der Waals surface area (Å²) >= 11 is 1.84. The minimum absolute atomic E-state index is 0.238. The smallest absolute Gasteiger partial charge is 0.0503 e. The molecule has 0 bridgehead atoms. The molecule has 0 fully saturated rings. The predicted octanol–water partition coefficient (Wildman–Crippen LogP) is 4.54. The Labute approximate surface area is 123 Å². The van der Waals surface area contributed by atoms with Gasteiger partial charge in [0.2, 0.25) is 0 Å². The van der Waals surface area contributed by atoms with Gasteiger partial charge in [-0.3, -0.25) is 0 Å². The van der Waals surface area contributed by atoms with Crippen LogP contribution in [0.15, 0.2) is 35.2 Å². The highest BCUT2D eigenvalue weighted by atomic mass is 32.2. The zero-order valence-electron chi connectivity index (χ0n) is 12.2. The van der Waals surface area contributed by atoms with Crippen molar-refractivity contribution in [3.05, 3.63) is 35.7 Å². The van der Waals surface area contributed by atoms with Crippen molar-refractivity contribution in [3.63, 3.8) is 0 Å². The Bertz CT molecular complexity index is 874. The summed E-state index contributed by atoms with van der Waals surface area (Å²) < 4.78 is 2.58. The summed E-state index contributed by atoms with van der Waals surface area (Å²) in [6, 6.07) is 11.3. The van der Waals surface area contributed by atoms with Crippen LogP contribution >= 0.6 is 11.8 Å². The van der Waals surface area contributed by atoms with E-state index in [-0.39, 0.29) is 5.54 Å². The van der Waals surface area contributed by atoms with Gasteiger partial charge < -0.3 is 4.57 Å². The van der Waals surface area contributed by atoms with Crippen molar-refractivity contribution in [2.24, 2.45) is 0 Å². The number of hydrogen-bond acceptors (Lipinski definition) is 1. The summed E-state index contributed by atoms with van der Waals surface area (Å²) in [7, 11) is 0. The van der Waals surface area contributed by atoms with E-state index in [1.54, 1.807) is 0 Å². The number of hydrogen-bond donors (Lipinski definition) is 0. The van der Waals surface area contributed by atoms with Crippen LogP contribution in [0.1, 0.15) is 26.7 Å². The maximum absolute atomic E-state index is 2.58. The van der Waals surface area contributed by atoms with E-state index in [1.165, 1.54) is 38.3 Å². The molecule has 2 heterocycles. The number of benzene rings is 2. The summed E-state index contributed by atoms with van der Waals surface area (Å²) in [6.45, 7) is 4.68. The summed E-state index contributed by atoms with van der Waals surface area (Å²) in [5.41, 5.74) is 1.64. The molecule has 102 valence electrons. The van der Waals surface area contributed by atoms with Crippen LogP contribution in [-0.2, 0) is 5.54 Å². The Hall–Kier alpha value is -1.41. The molecule has 20 heavy (non-hydrogen) atoms. The standard InChI is InChI=1S/C18H19NS/c1-4-18(2)11-10-14-12-6-5-7-13-16(20-3)9-8-15(17(12)13)19(14)18/h5-10H,4,11H2,1-3H3. The number of nitrogens with zero attached hydrogens (tertiary/aromatic N) is 1. The summed E-state index contributed by atoms with van der Waals surface area (Å²) in [6.07, 6.45) is 6.91. The van der Waals surface area contributed by atoms with Crippen molar-refractivity contribution in [2.45, 2.75) is 37.1 Å². The third-order valence-electron chi connectivity index (χ3n) is 4.99. The molecule has 2 aromatic carbocycles. The summed E-state index contributed by atoms with van der Waals surface area (Å²) in [5, 5.41) is 5.70. The molecule has 0 saturated carbocycles. The molecule has 1 aliphatic heterocycles. The molecule has 0 aliphatic carbocycles. The minimum Gasteiger partial charge on any atom is -0.334 e. The minimum atomic E-state index is 0.238. The van der Waals surface area contributed by atoms with Crippen LogP contribution in [0.4, 0.5) is 0 Å². The highest BCUT2D eigenvalue weighted by Crippen LogP contribution is 2.38. The van der Waals surface area contributed by atoms with Gasteiger partial charge >= 0.3 is 0 Å². The first kappa shape index (κ1) is 12.3. The van der Waals surface area contributed by atoms with E-state index in [4.69, 9.17) is 0 Å². The Morgan fingerprint density at radius 3 is 2.75 bits per heavy atom. The number of thioether (sulfide) groups is 1. The van der Waals surface area contributed by atoms with Crippen molar-refractivity contribution in [1.29, 1.82) is 0 Å². The monoisotopic (exact) mass is 281 g/mol. The highest BCUT2D eigenvalue weighted by molar-refractivity contribution is 7.98. The van der Waals surface area contributed by atoms with Gasteiger partial charge in [-0.05, 0) is 43.5 Å². The molecule has 0 N–H and O–H groups in total.